The maximum Gasteiger partial charge on any atom is 0.387 e. The zero-order valence-corrected chi connectivity index (χ0v) is 14.2. The number of rotatable bonds is 4. The molecule has 3 fully saturated rings. The van der Waals surface area contributed by atoms with Gasteiger partial charge in [0.05, 0.1) is 17.9 Å². The molecular formula is C17H16BrF2NO3. The number of nitrogens with zero attached hydrogens (tertiary/aromatic N) is 1. The lowest BCUT2D eigenvalue weighted by Gasteiger charge is -2.49. The Morgan fingerprint density at radius 1 is 1.17 bits per heavy atom. The van der Waals surface area contributed by atoms with Gasteiger partial charge in [0.15, 0.2) is 0 Å². The molecule has 3 heterocycles. The number of aliphatic hydroxyl groups is 1. The summed E-state index contributed by atoms with van der Waals surface area (Å²) in [7, 11) is 0. The lowest BCUT2D eigenvalue weighted by atomic mass is 9.84. The molecule has 0 amide bonds. The summed E-state index contributed by atoms with van der Waals surface area (Å²) < 4.78 is 34.8. The van der Waals surface area contributed by atoms with Gasteiger partial charge in [0.2, 0.25) is 0 Å². The molecule has 5 rings (SSSR count). The van der Waals surface area contributed by atoms with E-state index in [9.17, 15) is 13.9 Å². The molecule has 2 aromatic rings. The van der Waals surface area contributed by atoms with Crippen LogP contribution in [0.5, 0.6) is 5.75 Å². The van der Waals surface area contributed by atoms with Gasteiger partial charge in [0.1, 0.15) is 11.9 Å². The van der Waals surface area contributed by atoms with Crippen molar-refractivity contribution < 1.29 is 23.4 Å². The third-order valence-corrected chi connectivity index (χ3v) is 4.37. The molecule has 0 spiro atoms. The van der Waals surface area contributed by atoms with Crippen molar-refractivity contribution in [3.05, 3.63) is 58.3 Å². The van der Waals surface area contributed by atoms with E-state index in [-0.39, 0.29) is 11.3 Å². The molecule has 1 atom stereocenters. The summed E-state index contributed by atoms with van der Waals surface area (Å²) in [4.78, 5) is 4.03. The second kappa shape index (κ2) is 7.55. The number of hydrogen-bond acceptors (Lipinski definition) is 4. The summed E-state index contributed by atoms with van der Waals surface area (Å²) in [5.41, 5.74) is 0.603. The van der Waals surface area contributed by atoms with Crippen LogP contribution in [0.25, 0.3) is 0 Å². The van der Waals surface area contributed by atoms with Crippen LogP contribution in [-0.2, 0) is 4.74 Å². The molecular weight excluding hydrogens is 384 g/mol. The van der Waals surface area contributed by atoms with E-state index in [0.717, 1.165) is 4.47 Å². The van der Waals surface area contributed by atoms with Crippen molar-refractivity contribution in [3.8, 4) is 5.75 Å². The van der Waals surface area contributed by atoms with E-state index in [4.69, 9.17) is 4.74 Å². The number of pyridine rings is 1. The van der Waals surface area contributed by atoms with Crippen LogP contribution in [0.3, 0.4) is 0 Å². The highest BCUT2D eigenvalue weighted by molar-refractivity contribution is 9.10. The molecule has 24 heavy (non-hydrogen) atoms. The summed E-state index contributed by atoms with van der Waals surface area (Å²) in [6.07, 6.45) is 4.54. The molecule has 1 aliphatic carbocycles. The third kappa shape index (κ3) is 4.09. The van der Waals surface area contributed by atoms with Gasteiger partial charge in [0, 0.05) is 16.2 Å². The van der Waals surface area contributed by atoms with Crippen molar-refractivity contribution in [1.82, 2.24) is 4.98 Å². The first-order chi connectivity index (χ1) is 11.5. The summed E-state index contributed by atoms with van der Waals surface area (Å²) in [6, 6.07) is 9.41. The highest BCUT2D eigenvalue weighted by Crippen LogP contribution is 2.39. The second-order valence-electron chi connectivity index (χ2n) is 5.57. The number of aromatic nitrogens is 1. The van der Waals surface area contributed by atoms with Gasteiger partial charge in [-0.15, -0.1) is 0 Å². The molecule has 1 N–H and O–H groups in total. The summed E-state index contributed by atoms with van der Waals surface area (Å²) in [5, 5.41) is 10.2. The molecule has 3 aliphatic rings. The van der Waals surface area contributed by atoms with E-state index in [1.165, 1.54) is 31.2 Å². The Hall–Kier alpha value is -1.57. The first kappa shape index (κ1) is 17.3. The maximum absolute atomic E-state index is 12.3. The normalized spacial score (nSPS) is 21.9. The number of benzene rings is 1. The highest BCUT2D eigenvalue weighted by Gasteiger charge is 2.43. The van der Waals surface area contributed by atoms with Crippen LogP contribution in [0.2, 0.25) is 0 Å². The number of alkyl halides is 2. The predicted octanol–water partition coefficient (Wildman–Crippen LogP) is 4.07. The molecule has 128 valence electrons. The van der Waals surface area contributed by atoms with Gasteiger partial charge in [-0.05, 0) is 47.0 Å². The van der Waals surface area contributed by atoms with Crippen molar-refractivity contribution in [2.75, 3.05) is 0 Å². The third-order valence-electron chi connectivity index (χ3n) is 3.90. The minimum Gasteiger partial charge on any atom is -0.434 e. The molecule has 1 unspecified atom stereocenters. The Bertz CT molecular complexity index is 664. The molecule has 2 bridgehead atoms. The van der Waals surface area contributed by atoms with Crippen molar-refractivity contribution >= 4 is 15.9 Å². The number of para-hydroxylation sites is 1. The average Bonchev–Trinajstić information content (AvgIpc) is 2.44. The lowest BCUT2D eigenvalue weighted by molar-refractivity contribution is -0.237. The molecule has 0 radical (unpaired) electrons. The fraction of sp³-hybridized carbons (Fsp3) is 0.353. The molecule has 2 saturated heterocycles. The van der Waals surface area contributed by atoms with Crippen LogP contribution in [0.15, 0.2) is 47.1 Å². The van der Waals surface area contributed by atoms with Crippen LogP contribution >= 0.6 is 15.9 Å². The number of aliphatic hydroxyl groups excluding tert-OH is 1. The van der Waals surface area contributed by atoms with Gasteiger partial charge in [0.25, 0.3) is 0 Å². The molecule has 2 aliphatic heterocycles. The highest BCUT2D eigenvalue weighted by atomic mass is 79.9. The zero-order chi connectivity index (χ0) is 17.1. The SMILES string of the molecule is C1C2CC1O2.OC(c1ccc(Br)cn1)c1ccccc1OC(F)F. The van der Waals surface area contributed by atoms with Crippen LogP contribution in [0.1, 0.15) is 30.2 Å². The van der Waals surface area contributed by atoms with E-state index in [2.05, 4.69) is 25.7 Å². The van der Waals surface area contributed by atoms with E-state index in [1.807, 2.05) is 0 Å². The Morgan fingerprint density at radius 3 is 2.29 bits per heavy atom. The maximum atomic E-state index is 12.3. The van der Waals surface area contributed by atoms with Crippen molar-refractivity contribution in [3.63, 3.8) is 0 Å². The Balaban J connectivity index is 0.000000281. The van der Waals surface area contributed by atoms with E-state index in [1.54, 1.807) is 24.3 Å². The fourth-order valence-electron chi connectivity index (χ4n) is 2.39. The predicted molar refractivity (Wildman–Crippen MR) is 87.0 cm³/mol. The second-order valence-corrected chi connectivity index (χ2v) is 6.49. The van der Waals surface area contributed by atoms with Crippen LogP contribution < -0.4 is 4.74 Å². The van der Waals surface area contributed by atoms with Crippen LogP contribution in [-0.4, -0.2) is 28.9 Å². The first-order valence-corrected chi connectivity index (χ1v) is 8.31. The van der Waals surface area contributed by atoms with Gasteiger partial charge in [-0.1, -0.05) is 18.2 Å². The molecule has 4 nitrogen and oxygen atoms in total. The number of hydrogen-bond donors (Lipinski definition) is 1. The van der Waals surface area contributed by atoms with E-state index in [0.29, 0.717) is 17.9 Å². The Kier molecular flexibility index (Phi) is 5.43. The fourth-order valence-corrected chi connectivity index (χ4v) is 2.62. The molecule has 1 aromatic carbocycles. The van der Waals surface area contributed by atoms with Gasteiger partial charge < -0.3 is 14.6 Å². The van der Waals surface area contributed by atoms with Gasteiger partial charge in [-0.2, -0.15) is 8.78 Å². The average molecular weight is 400 g/mol. The largest absolute Gasteiger partial charge is 0.434 e. The number of halogens is 3. The van der Waals surface area contributed by atoms with Crippen LogP contribution in [0, 0.1) is 0 Å². The monoisotopic (exact) mass is 399 g/mol. The quantitative estimate of drug-likeness (QED) is 0.841. The van der Waals surface area contributed by atoms with E-state index < -0.39 is 12.7 Å². The van der Waals surface area contributed by atoms with Gasteiger partial charge >= 0.3 is 6.61 Å². The summed E-state index contributed by atoms with van der Waals surface area (Å²) >= 11 is 3.23. The Labute approximate surface area is 146 Å². The summed E-state index contributed by atoms with van der Waals surface area (Å²) in [5.74, 6) is -0.0604. The molecule has 1 saturated carbocycles. The Morgan fingerprint density at radius 2 is 1.79 bits per heavy atom. The van der Waals surface area contributed by atoms with Crippen molar-refractivity contribution in [1.29, 1.82) is 0 Å². The topological polar surface area (TPSA) is 51.6 Å². The minimum atomic E-state index is -2.94. The first-order valence-electron chi connectivity index (χ1n) is 7.51. The molecule has 7 heteroatoms. The smallest absolute Gasteiger partial charge is 0.387 e. The van der Waals surface area contributed by atoms with Crippen molar-refractivity contribution in [2.45, 2.75) is 37.8 Å². The number of ether oxygens (including phenoxy) is 2. The standard InChI is InChI=1S/C13H10BrF2NO2.C4H6O/c14-8-5-6-10(17-7-8)12(18)9-3-1-2-4-11(9)19-13(15)16;1-3-2-4(1)5-3/h1-7,12-13,18H;3-4H,1-2H2. The summed E-state index contributed by atoms with van der Waals surface area (Å²) in [6.45, 7) is -2.94. The lowest BCUT2D eigenvalue weighted by Crippen LogP contribution is -2.52. The minimum absolute atomic E-state index is 0.0604. The molecule has 1 aromatic heterocycles. The van der Waals surface area contributed by atoms with E-state index >= 15 is 0 Å². The van der Waals surface area contributed by atoms with Crippen LogP contribution in [0.4, 0.5) is 8.78 Å². The zero-order valence-electron chi connectivity index (χ0n) is 12.6. The van der Waals surface area contributed by atoms with Gasteiger partial charge in [-0.25, -0.2) is 0 Å². The van der Waals surface area contributed by atoms with Crippen molar-refractivity contribution in [2.24, 2.45) is 0 Å². The van der Waals surface area contributed by atoms with Gasteiger partial charge in [-0.3, -0.25) is 4.98 Å².